The van der Waals surface area contributed by atoms with Gasteiger partial charge >= 0.3 is 6.36 Å². The van der Waals surface area contributed by atoms with Crippen LogP contribution in [0.5, 0.6) is 5.75 Å². The Morgan fingerprint density at radius 1 is 1.03 bits per heavy atom. The molecule has 3 N–H and O–H groups in total. The minimum atomic E-state index is -4.79. The predicted octanol–water partition coefficient (Wildman–Crippen LogP) is 3.21. The Labute approximate surface area is 173 Å². The minimum Gasteiger partial charge on any atom is -0.405 e. The smallest absolute Gasteiger partial charge is 0.405 e. The van der Waals surface area contributed by atoms with Crippen LogP contribution in [-0.2, 0) is 23.1 Å². The van der Waals surface area contributed by atoms with Gasteiger partial charge in [-0.05, 0) is 24.6 Å². The van der Waals surface area contributed by atoms with Crippen molar-refractivity contribution in [1.29, 1.82) is 0 Å². The first-order chi connectivity index (χ1) is 14.1. The molecule has 0 saturated carbocycles. The fourth-order valence-electron chi connectivity index (χ4n) is 2.52. The molecule has 0 aliphatic rings. The summed E-state index contributed by atoms with van der Waals surface area (Å²) in [6.45, 7) is 2.56. The van der Waals surface area contributed by atoms with Crippen molar-refractivity contribution < 1.29 is 26.3 Å². The highest BCUT2D eigenvalue weighted by Gasteiger charge is 2.31. The number of alkyl halides is 3. The van der Waals surface area contributed by atoms with Gasteiger partial charge in [0.2, 0.25) is 10.0 Å². The molecule has 0 aliphatic heterocycles. The monoisotopic (exact) mass is 444 g/mol. The normalized spacial score (nSPS) is 12.4. The highest BCUT2D eigenvalue weighted by atomic mass is 32.2. The topological polar surface area (TPSA) is 91.8 Å². The molecule has 0 atom stereocenters. The lowest BCUT2D eigenvalue weighted by Gasteiger charge is -2.15. The number of nitrogens with zero attached hydrogens (tertiary/aromatic N) is 1. The molecule has 0 radical (unpaired) electrons. The molecule has 0 unspecified atom stereocenters. The quantitative estimate of drug-likeness (QED) is 0.430. The first kappa shape index (κ1) is 23.3. The second kappa shape index (κ2) is 10.2. The number of hydrogen-bond donors (Lipinski definition) is 3. The molecule has 164 valence electrons. The first-order valence-electron chi connectivity index (χ1n) is 8.99. The van der Waals surface area contributed by atoms with Crippen LogP contribution in [-0.4, -0.2) is 33.5 Å². The van der Waals surface area contributed by atoms with Crippen LogP contribution in [0.25, 0.3) is 0 Å². The van der Waals surface area contributed by atoms with E-state index in [9.17, 15) is 21.6 Å². The SMILES string of the molecule is CCNC(=NCc1ccccc1OC(F)(F)F)NCc1ccccc1NS(C)(=O)=O. The number of para-hydroxylation sites is 2. The van der Waals surface area contributed by atoms with Crippen LogP contribution in [0.2, 0.25) is 0 Å². The van der Waals surface area contributed by atoms with E-state index < -0.39 is 16.4 Å². The number of sulfonamides is 1. The van der Waals surface area contributed by atoms with Gasteiger partial charge in [-0.25, -0.2) is 13.4 Å². The molecule has 30 heavy (non-hydrogen) atoms. The third-order valence-electron chi connectivity index (χ3n) is 3.71. The fraction of sp³-hybridized carbons (Fsp3) is 0.316. The molecule has 2 rings (SSSR count). The number of guanidine groups is 1. The summed E-state index contributed by atoms with van der Waals surface area (Å²) in [5.74, 6) is 0.0424. The second-order valence-corrected chi connectivity index (χ2v) is 7.98. The summed E-state index contributed by atoms with van der Waals surface area (Å²) in [5, 5.41) is 6.04. The Balaban J connectivity index is 2.14. The zero-order valence-electron chi connectivity index (χ0n) is 16.5. The molecule has 0 saturated heterocycles. The van der Waals surface area contributed by atoms with Gasteiger partial charge < -0.3 is 15.4 Å². The van der Waals surface area contributed by atoms with Crippen molar-refractivity contribution in [3.8, 4) is 5.75 Å². The molecule has 0 fully saturated rings. The van der Waals surface area contributed by atoms with Gasteiger partial charge in [0.15, 0.2) is 5.96 Å². The third kappa shape index (κ3) is 8.19. The van der Waals surface area contributed by atoms with Crippen molar-refractivity contribution in [1.82, 2.24) is 10.6 Å². The Hall–Kier alpha value is -2.95. The van der Waals surface area contributed by atoms with Gasteiger partial charge in [-0.2, -0.15) is 0 Å². The van der Waals surface area contributed by atoms with Crippen LogP contribution in [0.1, 0.15) is 18.1 Å². The summed E-state index contributed by atoms with van der Waals surface area (Å²) in [4.78, 5) is 4.30. The molecule has 11 heteroatoms. The van der Waals surface area contributed by atoms with E-state index >= 15 is 0 Å². The lowest BCUT2D eigenvalue weighted by Crippen LogP contribution is -2.37. The molecular formula is C19H23F3N4O3S. The van der Waals surface area contributed by atoms with Gasteiger partial charge in [-0.3, -0.25) is 4.72 Å². The molecule has 0 bridgehead atoms. The first-order valence-corrected chi connectivity index (χ1v) is 10.9. The number of rotatable bonds is 8. The van der Waals surface area contributed by atoms with E-state index in [0.29, 0.717) is 23.8 Å². The maximum absolute atomic E-state index is 12.6. The minimum absolute atomic E-state index is 0.0508. The summed E-state index contributed by atoms with van der Waals surface area (Å²) in [5.41, 5.74) is 1.37. The molecule has 0 amide bonds. The molecule has 2 aromatic rings. The van der Waals surface area contributed by atoms with Crippen LogP contribution in [0, 0.1) is 0 Å². The zero-order chi connectivity index (χ0) is 22.2. The molecule has 7 nitrogen and oxygen atoms in total. The van der Waals surface area contributed by atoms with Gasteiger partial charge in [0.1, 0.15) is 5.75 Å². The summed E-state index contributed by atoms with van der Waals surface area (Å²) in [6.07, 6.45) is -3.73. The highest BCUT2D eigenvalue weighted by Crippen LogP contribution is 2.26. The van der Waals surface area contributed by atoms with E-state index in [1.807, 2.05) is 6.92 Å². The van der Waals surface area contributed by atoms with E-state index in [4.69, 9.17) is 0 Å². The number of ether oxygens (including phenoxy) is 1. The average molecular weight is 444 g/mol. The van der Waals surface area contributed by atoms with Gasteiger partial charge in [-0.1, -0.05) is 36.4 Å². The second-order valence-electron chi connectivity index (χ2n) is 6.24. The van der Waals surface area contributed by atoms with Gasteiger partial charge in [0.25, 0.3) is 0 Å². The summed E-state index contributed by atoms with van der Waals surface area (Å²) in [7, 11) is -3.44. The van der Waals surface area contributed by atoms with E-state index in [0.717, 1.165) is 6.26 Å². The van der Waals surface area contributed by atoms with Crippen LogP contribution < -0.4 is 20.1 Å². The van der Waals surface area contributed by atoms with Crippen LogP contribution in [0.3, 0.4) is 0 Å². The number of halogens is 3. The highest BCUT2D eigenvalue weighted by molar-refractivity contribution is 7.92. The Morgan fingerprint density at radius 2 is 1.67 bits per heavy atom. The predicted molar refractivity (Wildman–Crippen MR) is 110 cm³/mol. The van der Waals surface area contributed by atoms with Crippen molar-refractivity contribution in [2.45, 2.75) is 26.4 Å². The van der Waals surface area contributed by atoms with Crippen molar-refractivity contribution >= 4 is 21.7 Å². The molecule has 0 heterocycles. The fourth-order valence-corrected chi connectivity index (χ4v) is 3.12. The number of benzene rings is 2. The Morgan fingerprint density at radius 3 is 2.30 bits per heavy atom. The van der Waals surface area contributed by atoms with Gasteiger partial charge in [0, 0.05) is 18.7 Å². The van der Waals surface area contributed by atoms with Crippen molar-refractivity contribution in [3.63, 3.8) is 0 Å². The number of anilines is 1. The van der Waals surface area contributed by atoms with Crippen LogP contribution in [0.15, 0.2) is 53.5 Å². The maximum Gasteiger partial charge on any atom is 0.573 e. The summed E-state index contributed by atoms with van der Waals surface area (Å²) in [6, 6.07) is 12.6. The van der Waals surface area contributed by atoms with Crippen molar-refractivity contribution in [2.24, 2.45) is 4.99 Å². The Kier molecular flexibility index (Phi) is 7.93. The van der Waals surface area contributed by atoms with Crippen molar-refractivity contribution in [3.05, 3.63) is 59.7 Å². The number of aliphatic imine (C=N–C) groups is 1. The van der Waals surface area contributed by atoms with E-state index in [-0.39, 0.29) is 24.4 Å². The average Bonchev–Trinajstić information content (AvgIpc) is 2.63. The molecule has 2 aromatic carbocycles. The van der Waals surface area contributed by atoms with Crippen LogP contribution in [0.4, 0.5) is 18.9 Å². The molecule has 0 aromatic heterocycles. The maximum atomic E-state index is 12.6. The van der Waals surface area contributed by atoms with Crippen molar-refractivity contribution in [2.75, 3.05) is 17.5 Å². The number of nitrogens with one attached hydrogen (secondary N) is 3. The largest absolute Gasteiger partial charge is 0.573 e. The lowest BCUT2D eigenvalue weighted by molar-refractivity contribution is -0.274. The van der Waals surface area contributed by atoms with Gasteiger partial charge in [0.05, 0.1) is 18.5 Å². The van der Waals surface area contributed by atoms with Gasteiger partial charge in [-0.15, -0.1) is 13.2 Å². The zero-order valence-corrected chi connectivity index (χ0v) is 17.3. The number of hydrogen-bond acceptors (Lipinski definition) is 4. The van der Waals surface area contributed by atoms with E-state index in [2.05, 4.69) is 25.1 Å². The molecule has 0 spiro atoms. The molecule has 0 aliphatic carbocycles. The lowest BCUT2D eigenvalue weighted by atomic mass is 10.2. The third-order valence-corrected chi connectivity index (χ3v) is 4.30. The molecular weight excluding hydrogens is 421 g/mol. The van der Waals surface area contributed by atoms with E-state index in [1.54, 1.807) is 30.3 Å². The van der Waals surface area contributed by atoms with E-state index in [1.165, 1.54) is 18.2 Å². The summed E-state index contributed by atoms with van der Waals surface area (Å²) < 4.78 is 67.3. The van der Waals surface area contributed by atoms with Crippen LogP contribution >= 0.6 is 0 Å². The summed E-state index contributed by atoms with van der Waals surface area (Å²) >= 11 is 0. The standard InChI is InChI=1S/C19H23F3N4O3S/c1-3-23-18(24-12-14-8-4-6-10-16(14)26-30(2,27)28)25-13-15-9-5-7-11-17(15)29-19(20,21)22/h4-11,26H,3,12-13H2,1-2H3,(H2,23,24,25). The Bertz CT molecular complexity index is 979.